The first-order chi connectivity index (χ1) is 7.72. The van der Waals surface area contributed by atoms with Crippen LogP contribution in [0.3, 0.4) is 0 Å². The molecule has 0 amide bonds. The lowest BCUT2D eigenvalue weighted by atomic mass is 10.1. The lowest BCUT2D eigenvalue weighted by Gasteiger charge is -1.96. The first-order valence-electron chi connectivity index (χ1n) is 5.04. The molecule has 0 bridgehead atoms. The third-order valence-corrected chi connectivity index (χ3v) is 2.62. The maximum atomic E-state index is 13.3. The molecule has 3 nitrogen and oxygen atoms in total. The molecular weight excluding hydrogens is 209 g/mol. The molecule has 0 unspecified atom stereocenters. The molecule has 0 radical (unpaired) electrons. The summed E-state index contributed by atoms with van der Waals surface area (Å²) in [6.45, 7) is 2.50. The highest BCUT2D eigenvalue weighted by Crippen LogP contribution is 2.21. The van der Waals surface area contributed by atoms with Crippen LogP contribution in [0.15, 0.2) is 18.2 Å². The molecule has 0 saturated carbocycles. The predicted octanol–water partition coefficient (Wildman–Crippen LogP) is 2.33. The zero-order valence-electron chi connectivity index (χ0n) is 8.92. The van der Waals surface area contributed by atoms with Crippen molar-refractivity contribution in [1.29, 1.82) is 0 Å². The summed E-state index contributed by atoms with van der Waals surface area (Å²) < 4.78 is 17.9. The van der Waals surface area contributed by atoms with Gasteiger partial charge in [-0.05, 0) is 30.7 Å². The van der Waals surface area contributed by atoms with Crippen LogP contribution in [0.5, 0.6) is 0 Å². The standard InChI is InChI=1S/C12H12FNO2/c1-8-10-6-9(4-5-16-7-15)14-12(10)3-2-11(8)13/h2-3,6-7,14H,4-5H2,1H3. The van der Waals surface area contributed by atoms with Crippen molar-refractivity contribution in [2.24, 2.45) is 0 Å². The molecule has 0 aliphatic carbocycles. The molecule has 0 spiro atoms. The Morgan fingerprint density at radius 2 is 2.31 bits per heavy atom. The highest BCUT2D eigenvalue weighted by Gasteiger charge is 2.06. The molecule has 1 heterocycles. The molecule has 0 fully saturated rings. The first-order valence-corrected chi connectivity index (χ1v) is 5.04. The van der Waals surface area contributed by atoms with Crippen molar-refractivity contribution < 1.29 is 13.9 Å². The predicted molar refractivity (Wildman–Crippen MR) is 58.7 cm³/mol. The number of halogens is 1. The Hall–Kier alpha value is -1.84. The van der Waals surface area contributed by atoms with Crippen LogP contribution in [0.2, 0.25) is 0 Å². The number of fused-ring (bicyclic) bond motifs is 1. The van der Waals surface area contributed by atoms with E-state index in [1.165, 1.54) is 6.07 Å². The van der Waals surface area contributed by atoms with Gasteiger partial charge in [-0.2, -0.15) is 0 Å². The van der Waals surface area contributed by atoms with Crippen LogP contribution < -0.4 is 0 Å². The number of aryl methyl sites for hydroxylation is 1. The highest BCUT2D eigenvalue weighted by molar-refractivity contribution is 5.83. The number of benzene rings is 1. The van der Waals surface area contributed by atoms with E-state index in [9.17, 15) is 9.18 Å². The summed E-state index contributed by atoms with van der Waals surface area (Å²) in [5.41, 5.74) is 2.47. The smallest absolute Gasteiger partial charge is 0.293 e. The van der Waals surface area contributed by atoms with Crippen LogP contribution >= 0.6 is 0 Å². The molecule has 1 N–H and O–H groups in total. The van der Waals surface area contributed by atoms with Crippen LogP contribution in [0.1, 0.15) is 11.3 Å². The van der Waals surface area contributed by atoms with E-state index in [-0.39, 0.29) is 5.82 Å². The number of ether oxygens (including phenoxy) is 1. The average Bonchev–Trinajstić information content (AvgIpc) is 2.68. The van der Waals surface area contributed by atoms with Gasteiger partial charge in [0, 0.05) is 23.0 Å². The van der Waals surface area contributed by atoms with E-state index in [1.54, 1.807) is 13.0 Å². The number of nitrogens with one attached hydrogen (secondary N) is 1. The molecule has 0 aliphatic heterocycles. The van der Waals surface area contributed by atoms with Crippen LogP contribution in [0.25, 0.3) is 10.9 Å². The Morgan fingerprint density at radius 3 is 3.06 bits per heavy atom. The SMILES string of the molecule is Cc1c(F)ccc2[nH]c(CCOC=O)cc12. The van der Waals surface area contributed by atoms with Crippen molar-refractivity contribution in [3.05, 3.63) is 35.3 Å². The van der Waals surface area contributed by atoms with E-state index in [0.29, 0.717) is 25.1 Å². The quantitative estimate of drug-likeness (QED) is 0.636. The van der Waals surface area contributed by atoms with Gasteiger partial charge >= 0.3 is 0 Å². The zero-order chi connectivity index (χ0) is 11.5. The maximum absolute atomic E-state index is 13.3. The Bertz CT molecular complexity index is 519. The Morgan fingerprint density at radius 1 is 1.50 bits per heavy atom. The summed E-state index contributed by atoms with van der Waals surface area (Å²) >= 11 is 0. The second kappa shape index (κ2) is 4.35. The molecule has 0 atom stereocenters. The number of carbonyl (C=O) groups excluding carboxylic acids is 1. The van der Waals surface area contributed by atoms with E-state index in [4.69, 9.17) is 0 Å². The highest BCUT2D eigenvalue weighted by atomic mass is 19.1. The monoisotopic (exact) mass is 221 g/mol. The minimum atomic E-state index is -0.206. The number of rotatable bonds is 4. The van der Waals surface area contributed by atoms with E-state index in [0.717, 1.165) is 16.6 Å². The summed E-state index contributed by atoms with van der Waals surface area (Å²) in [6, 6.07) is 5.05. The fourth-order valence-electron chi connectivity index (χ4n) is 1.73. The zero-order valence-corrected chi connectivity index (χ0v) is 8.92. The number of aromatic nitrogens is 1. The Labute approximate surface area is 92.2 Å². The molecule has 1 aromatic heterocycles. The number of hydrogen-bond donors (Lipinski definition) is 1. The average molecular weight is 221 g/mol. The molecule has 0 aliphatic rings. The van der Waals surface area contributed by atoms with Gasteiger partial charge in [-0.25, -0.2) is 4.39 Å². The summed E-state index contributed by atoms with van der Waals surface area (Å²) in [5.74, 6) is -0.206. The van der Waals surface area contributed by atoms with E-state index in [1.807, 2.05) is 6.07 Å². The number of H-pyrrole nitrogens is 1. The second-order valence-corrected chi connectivity index (χ2v) is 3.65. The topological polar surface area (TPSA) is 42.1 Å². The Balaban J connectivity index is 2.29. The van der Waals surface area contributed by atoms with Gasteiger partial charge in [0.25, 0.3) is 6.47 Å². The summed E-state index contributed by atoms with van der Waals surface area (Å²) in [4.78, 5) is 13.1. The number of carbonyl (C=O) groups is 1. The molecule has 2 rings (SSSR count). The summed E-state index contributed by atoms with van der Waals surface area (Å²) in [5, 5.41) is 0.876. The van der Waals surface area contributed by atoms with Gasteiger partial charge in [0.15, 0.2) is 0 Å². The fourth-order valence-corrected chi connectivity index (χ4v) is 1.73. The van der Waals surface area contributed by atoms with Gasteiger partial charge in [-0.15, -0.1) is 0 Å². The first kappa shape index (κ1) is 10.7. The van der Waals surface area contributed by atoms with Gasteiger partial charge in [-0.1, -0.05) is 0 Å². The largest absolute Gasteiger partial charge is 0.467 e. The number of hydrogen-bond acceptors (Lipinski definition) is 2. The van der Waals surface area contributed by atoms with Crippen molar-refractivity contribution in [3.8, 4) is 0 Å². The van der Waals surface area contributed by atoms with Crippen molar-refractivity contribution >= 4 is 17.4 Å². The van der Waals surface area contributed by atoms with Crippen molar-refractivity contribution in [2.75, 3.05) is 6.61 Å². The molecular formula is C12H12FNO2. The maximum Gasteiger partial charge on any atom is 0.293 e. The number of aromatic amines is 1. The molecule has 84 valence electrons. The third-order valence-electron chi connectivity index (χ3n) is 2.62. The lowest BCUT2D eigenvalue weighted by molar-refractivity contribution is -0.128. The van der Waals surface area contributed by atoms with Crippen molar-refractivity contribution in [2.45, 2.75) is 13.3 Å². The van der Waals surface area contributed by atoms with E-state index >= 15 is 0 Å². The van der Waals surface area contributed by atoms with Crippen LogP contribution in [0, 0.1) is 12.7 Å². The van der Waals surface area contributed by atoms with E-state index in [2.05, 4.69) is 9.72 Å². The molecule has 2 aromatic rings. The molecule has 16 heavy (non-hydrogen) atoms. The normalized spacial score (nSPS) is 10.6. The van der Waals surface area contributed by atoms with Gasteiger partial charge in [-0.3, -0.25) is 4.79 Å². The van der Waals surface area contributed by atoms with Crippen molar-refractivity contribution in [3.63, 3.8) is 0 Å². The van der Waals surface area contributed by atoms with Crippen LogP contribution in [0.4, 0.5) is 4.39 Å². The Kier molecular flexibility index (Phi) is 2.90. The molecule has 1 aromatic carbocycles. The van der Waals surface area contributed by atoms with Crippen LogP contribution in [-0.2, 0) is 16.0 Å². The van der Waals surface area contributed by atoms with Gasteiger partial charge in [0.2, 0.25) is 0 Å². The van der Waals surface area contributed by atoms with Gasteiger partial charge < -0.3 is 9.72 Å². The van der Waals surface area contributed by atoms with Gasteiger partial charge in [0.05, 0.1) is 6.61 Å². The third kappa shape index (κ3) is 1.91. The second-order valence-electron chi connectivity index (χ2n) is 3.65. The summed E-state index contributed by atoms with van der Waals surface area (Å²) in [7, 11) is 0. The molecule has 0 saturated heterocycles. The molecule has 4 heteroatoms. The lowest BCUT2D eigenvalue weighted by Crippen LogP contribution is -1.96. The summed E-state index contributed by atoms with van der Waals surface area (Å²) in [6.07, 6.45) is 0.606. The minimum Gasteiger partial charge on any atom is -0.467 e. The van der Waals surface area contributed by atoms with Crippen molar-refractivity contribution in [1.82, 2.24) is 4.98 Å². The van der Waals surface area contributed by atoms with Gasteiger partial charge in [0.1, 0.15) is 5.82 Å². The minimum absolute atomic E-state index is 0.206. The van der Waals surface area contributed by atoms with E-state index < -0.39 is 0 Å². The van der Waals surface area contributed by atoms with Crippen LogP contribution in [-0.4, -0.2) is 18.1 Å². The fraction of sp³-hybridized carbons (Fsp3) is 0.250.